The van der Waals surface area contributed by atoms with E-state index in [1.165, 1.54) is 11.1 Å². The lowest BCUT2D eigenvalue weighted by Gasteiger charge is -2.30. The van der Waals surface area contributed by atoms with E-state index >= 15 is 0 Å². The molecule has 2 aliphatic heterocycles. The smallest absolute Gasteiger partial charge is 0.151 e. The summed E-state index contributed by atoms with van der Waals surface area (Å²) in [5.74, 6) is 1.38. The minimum absolute atomic E-state index is 0.528. The average molecular weight is 320 g/mol. The second-order valence-electron chi connectivity index (χ2n) is 6.20. The summed E-state index contributed by atoms with van der Waals surface area (Å²) in [5.41, 5.74) is 11.4. The first-order valence-electron chi connectivity index (χ1n) is 7.93. The van der Waals surface area contributed by atoms with Crippen molar-refractivity contribution < 1.29 is 0 Å². The molecule has 0 saturated carbocycles. The molecule has 0 atom stereocenters. The first kappa shape index (κ1) is 14.6. The van der Waals surface area contributed by atoms with Crippen LogP contribution in [0.15, 0.2) is 53.6 Å². The number of benzene rings is 1. The molecule has 0 unspecified atom stereocenters. The number of hydrazine groups is 1. The minimum atomic E-state index is 0.528. The molecule has 0 saturated heterocycles. The Morgan fingerprint density at radius 3 is 2.88 bits per heavy atom. The number of anilines is 1. The van der Waals surface area contributed by atoms with E-state index in [4.69, 9.17) is 10.8 Å². The quantitative estimate of drug-likeness (QED) is 0.923. The van der Waals surface area contributed by atoms with Crippen molar-refractivity contribution in [3.63, 3.8) is 0 Å². The van der Waals surface area contributed by atoms with Crippen molar-refractivity contribution in [3.8, 4) is 11.3 Å². The van der Waals surface area contributed by atoms with E-state index in [2.05, 4.69) is 48.1 Å². The molecule has 4 rings (SSSR count). The molecule has 6 nitrogen and oxygen atoms in total. The molecule has 0 bridgehead atoms. The van der Waals surface area contributed by atoms with Gasteiger partial charge in [0.1, 0.15) is 17.2 Å². The monoisotopic (exact) mass is 320 g/mol. The fourth-order valence-electron chi connectivity index (χ4n) is 3.11. The highest BCUT2D eigenvalue weighted by molar-refractivity contribution is 5.93. The maximum Gasteiger partial charge on any atom is 0.151 e. The number of amidine groups is 1. The van der Waals surface area contributed by atoms with Crippen LogP contribution in [-0.4, -0.2) is 27.2 Å². The van der Waals surface area contributed by atoms with Gasteiger partial charge in [0.15, 0.2) is 5.82 Å². The zero-order chi connectivity index (χ0) is 16.8. The van der Waals surface area contributed by atoms with E-state index < -0.39 is 0 Å². The van der Waals surface area contributed by atoms with Gasteiger partial charge in [-0.2, -0.15) is 5.10 Å². The van der Waals surface area contributed by atoms with Crippen LogP contribution in [0.3, 0.4) is 0 Å². The third-order valence-corrected chi connectivity index (χ3v) is 4.31. The number of rotatable bonds is 2. The normalized spacial score (nSPS) is 16.3. The van der Waals surface area contributed by atoms with Crippen LogP contribution in [0, 0.1) is 13.8 Å². The molecule has 1 aromatic heterocycles. The molecule has 2 N–H and O–H groups in total. The van der Waals surface area contributed by atoms with Crippen molar-refractivity contribution in [2.24, 2.45) is 17.8 Å². The molecule has 6 heteroatoms. The number of nitrogens with zero attached hydrogens (tertiary/aromatic N) is 5. The Balaban J connectivity index is 1.79. The highest BCUT2D eigenvalue weighted by Gasteiger charge is 2.28. The fraction of sp³-hybridized carbons (Fsp3) is 0.222. The molecule has 2 aliphatic rings. The van der Waals surface area contributed by atoms with Gasteiger partial charge in [0.25, 0.3) is 0 Å². The molecule has 0 spiro atoms. The topological polar surface area (TPSA) is 62.7 Å². The lowest BCUT2D eigenvalue weighted by molar-refractivity contribution is 0.461. The SMILES string of the molecule is Cc1ccc(C)c(-c2nn(C)cc2N2CC=C3N=C(N)C=CN32)c1. The van der Waals surface area contributed by atoms with Crippen LogP contribution in [-0.2, 0) is 7.05 Å². The van der Waals surface area contributed by atoms with Gasteiger partial charge in [-0.1, -0.05) is 17.7 Å². The van der Waals surface area contributed by atoms with Crippen LogP contribution >= 0.6 is 0 Å². The zero-order valence-corrected chi connectivity index (χ0v) is 14.1. The highest BCUT2D eigenvalue weighted by Crippen LogP contribution is 2.36. The van der Waals surface area contributed by atoms with Gasteiger partial charge in [0.2, 0.25) is 0 Å². The Kier molecular flexibility index (Phi) is 3.19. The molecule has 24 heavy (non-hydrogen) atoms. The highest BCUT2D eigenvalue weighted by atomic mass is 15.7. The van der Waals surface area contributed by atoms with Crippen molar-refractivity contribution >= 4 is 11.5 Å². The third kappa shape index (κ3) is 2.27. The summed E-state index contributed by atoms with van der Waals surface area (Å²) in [5, 5.41) is 8.90. The van der Waals surface area contributed by atoms with Crippen LogP contribution in [0.25, 0.3) is 11.3 Å². The van der Waals surface area contributed by atoms with Gasteiger partial charge < -0.3 is 5.73 Å². The summed E-state index contributed by atoms with van der Waals surface area (Å²) < 4.78 is 1.86. The second-order valence-corrected chi connectivity index (χ2v) is 6.20. The predicted molar refractivity (Wildman–Crippen MR) is 96.1 cm³/mol. The Morgan fingerprint density at radius 2 is 2.04 bits per heavy atom. The molecule has 0 amide bonds. The van der Waals surface area contributed by atoms with Crippen molar-refractivity contribution in [2.75, 3.05) is 11.6 Å². The minimum Gasteiger partial charge on any atom is -0.384 e. The molecule has 0 aliphatic carbocycles. The fourth-order valence-corrected chi connectivity index (χ4v) is 3.11. The average Bonchev–Trinajstić information content (AvgIpc) is 3.12. The first-order valence-corrected chi connectivity index (χ1v) is 7.93. The standard InChI is InChI=1S/C18H20N6/c1-12-4-5-13(2)14(10-12)18-15(11-22(3)21-18)23-9-7-17-20-16(19)6-8-24(17)23/h4-8,10-11H,9H2,1-3H3,(H2,19,20). The summed E-state index contributed by atoms with van der Waals surface area (Å²) in [6.45, 7) is 4.96. The van der Waals surface area contributed by atoms with Crippen molar-refractivity contribution in [3.05, 3.63) is 59.7 Å². The van der Waals surface area contributed by atoms with Crippen molar-refractivity contribution in [1.29, 1.82) is 0 Å². The van der Waals surface area contributed by atoms with Crippen molar-refractivity contribution in [1.82, 2.24) is 14.8 Å². The maximum atomic E-state index is 5.80. The Morgan fingerprint density at radius 1 is 1.21 bits per heavy atom. The molecular formula is C18H20N6. The van der Waals surface area contributed by atoms with Gasteiger partial charge >= 0.3 is 0 Å². The van der Waals surface area contributed by atoms with Gasteiger partial charge in [-0.15, -0.1) is 0 Å². The van der Waals surface area contributed by atoms with E-state index in [0.717, 1.165) is 29.3 Å². The van der Waals surface area contributed by atoms with Gasteiger partial charge in [-0.05, 0) is 37.6 Å². The summed E-state index contributed by atoms with van der Waals surface area (Å²) in [4.78, 5) is 4.39. The lowest BCUT2D eigenvalue weighted by Crippen LogP contribution is -2.35. The number of nitrogens with two attached hydrogens (primary N) is 1. The van der Waals surface area contributed by atoms with Gasteiger partial charge in [-0.25, -0.2) is 10.0 Å². The number of aliphatic imine (C=N–C) groups is 1. The van der Waals surface area contributed by atoms with E-state index in [1.54, 1.807) is 0 Å². The molecule has 0 fully saturated rings. The summed E-state index contributed by atoms with van der Waals surface area (Å²) >= 11 is 0. The summed E-state index contributed by atoms with van der Waals surface area (Å²) in [6, 6.07) is 6.46. The third-order valence-electron chi connectivity index (χ3n) is 4.31. The number of hydrogen-bond acceptors (Lipinski definition) is 5. The van der Waals surface area contributed by atoms with Crippen LogP contribution in [0.4, 0.5) is 5.69 Å². The van der Waals surface area contributed by atoms with E-state index in [1.807, 2.05) is 35.2 Å². The van der Waals surface area contributed by atoms with Crippen LogP contribution < -0.4 is 10.7 Å². The van der Waals surface area contributed by atoms with Crippen LogP contribution in [0.1, 0.15) is 11.1 Å². The Hall–Kier alpha value is -3.02. The Bertz CT molecular complexity index is 902. The summed E-state index contributed by atoms with van der Waals surface area (Å²) in [6.07, 6.45) is 7.87. The number of hydrogen-bond donors (Lipinski definition) is 1. The zero-order valence-electron chi connectivity index (χ0n) is 14.1. The maximum absolute atomic E-state index is 5.80. The molecular weight excluding hydrogens is 300 g/mol. The van der Waals surface area contributed by atoms with Gasteiger partial charge in [0.05, 0.1) is 12.7 Å². The van der Waals surface area contributed by atoms with Crippen molar-refractivity contribution in [2.45, 2.75) is 13.8 Å². The van der Waals surface area contributed by atoms with Crippen LogP contribution in [0.2, 0.25) is 0 Å². The largest absolute Gasteiger partial charge is 0.384 e. The van der Waals surface area contributed by atoms with Gasteiger partial charge in [-0.3, -0.25) is 9.69 Å². The van der Waals surface area contributed by atoms with E-state index in [-0.39, 0.29) is 0 Å². The Labute approximate surface area is 141 Å². The van der Waals surface area contributed by atoms with Crippen LogP contribution in [0.5, 0.6) is 0 Å². The number of fused-ring (bicyclic) bond motifs is 1. The lowest BCUT2D eigenvalue weighted by atomic mass is 10.0. The predicted octanol–water partition coefficient (Wildman–Crippen LogP) is 2.47. The molecule has 3 heterocycles. The van der Waals surface area contributed by atoms with E-state index in [9.17, 15) is 0 Å². The van der Waals surface area contributed by atoms with Gasteiger partial charge in [0, 0.05) is 18.8 Å². The van der Waals surface area contributed by atoms with E-state index in [0.29, 0.717) is 5.84 Å². The number of aromatic nitrogens is 2. The summed E-state index contributed by atoms with van der Waals surface area (Å²) in [7, 11) is 1.95. The second kappa shape index (κ2) is 5.26. The first-order chi connectivity index (χ1) is 11.5. The molecule has 1 aromatic carbocycles. The molecule has 2 aromatic rings. The number of aryl methyl sites for hydroxylation is 3. The molecule has 0 radical (unpaired) electrons. The molecule has 122 valence electrons.